The first kappa shape index (κ1) is 10.8. The van der Waals surface area contributed by atoms with Crippen molar-refractivity contribution in [3.8, 4) is 0 Å². The molecule has 1 aromatic heterocycles. The standard InChI is InChI=1S/C15H20N2/c1-10-3-6-14-12(7-8-16-13-4-5-13)9-17-15(14)11(10)2/h3,6,9,13,16-17H,4-5,7-8H2,1-2H3. The molecule has 1 aliphatic rings. The van der Waals surface area contributed by atoms with Crippen LogP contribution in [0.1, 0.15) is 29.5 Å². The molecule has 2 aromatic rings. The van der Waals surface area contributed by atoms with Gasteiger partial charge in [-0.1, -0.05) is 12.1 Å². The van der Waals surface area contributed by atoms with E-state index in [1.807, 2.05) is 0 Å². The number of nitrogens with one attached hydrogen (secondary N) is 2. The first-order valence-electron chi connectivity index (χ1n) is 6.55. The van der Waals surface area contributed by atoms with Crippen molar-refractivity contribution >= 4 is 10.9 Å². The number of aromatic nitrogens is 1. The summed E-state index contributed by atoms with van der Waals surface area (Å²) in [7, 11) is 0. The number of hydrogen-bond acceptors (Lipinski definition) is 1. The number of fused-ring (bicyclic) bond motifs is 1. The van der Waals surface area contributed by atoms with Gasteiger partial charge in [0.1, 0.15) is 0 Å². The van der Waals surface area contributed by atoms with Crippen molar-refractivity contribution in [3.05, 3.63) is 35.0 Å². The van der Waals surface area contributed by atoms with Crippen LogP contribution in [0.4, 0.5) is 0 Å². The molecule has 2 N–H and O–H groups in total. The third-order valence-corrected chi connectivity index (χ3v) is 3.88. The van der Waals surface area contributed by atoms with Crippen molar-refractivity contribution in [2.75, 3.05) is 6.54 Å². The zero-order chi connectivity index (χ0) is 11.8. The lowest BCUT2D eigenvalue weighted by molar-refractivity contribution is 0.683. The predicted molar refractivity (Wildman–Crippen MR) is 72.5 cm³/mol. The summed E-state index contributed by atoms with van der Waals surface area (Å²) in [5.41, 5.74) is 5.49. The molecule has 1 heterocycles. The van der Waals surface area contributed by atoms with Crippen molar-refractivity contribution < 1.29 is 0 Å². The third-order valence-electron chi connectivity index (χ3n) is 3.88. The van der Waals surface area contributed by atoms with Gasteiger partial charge in [-0.15, -0.1) is 0 Å². The molecule has 0 spiro atoms. The topological polar surface area (TPSA) is 27.8 Å². The molecule has 1 aliphatic carbocycles. The summed E-state index contributed by atoms with van der Waals surface area (Å²) in [4.78, 5) is 3.42. The summed E-state index contributed by atoms with van der Waals surface area (Å²) in [5.74, 6) is 0. The molecule has 90 valence electrons. The number of H-pyrrole nitrogens is 1. The average Bonchev–Trinajstić information content (AvgIpc) is 3.04. The smallest absolute Gasteiger partial charge is 0.0489 e. The molecule has 0 amide bonds. The minimum Gasteiger partial charge on any atom is -0.361 e. The molecule has 1 saturated carbocycles. The van der Waals surface area contributed by atoms with Gasteiger partial charge in [-0.05, 0) is 56.3 Å². The van der Waals surface area contributed by atoms with E-state index in [0.717, 1.165) is 19.0 Å². The van der Waals surface area contributed by atoms with E-state index in [1.54, 1.807) is 0 Å². The Bertz CT molecular complexity index is 535. The van der Waals surface area contributed by atoms with Crippen LogP contribution in [0, 0.1) is 13.8 Å². The summed E-state index contributed by atoms with van der Waals surface area (Å²) in [6.45, 7) is 5.47. The Kier molecular flexibility index (Phi) is 2.67. The second-order valence-corrected chi connectivity index (χ2v) is 5.22. The second kappa shape index (κ2) is 4.19. The number of aryl methyl sites for hydroxylation is 2. The largest absolute Gasteiger partial charge is 0.361 e. The van der Waals surface area contributed by atoms with Gasteiger partial charge in [0.25, 0.3) is 0 Å². The Hall–Kier alpha value is -1.28. The fourth-order valence-electron chi connectivity index (χ4n) is 2.41. The highest BCUT2D eigenvalue weighted by atomic mass is 14.9. The lowest BCUT2D eigenvalue weighted by atomic mass is 10.0. The normalized spacial score (nSPS) is 15.6. The maximum absolute atomic E-state index is 3.57. The van der Waals surface area contributed by atoms with Crippen LogP contribution < -0.4 is 5.32 Å². The molecule has 0 saturated heterocycles. The molecule has 0 bridgehead atoms. The highest BCUT2D eigenvalue weighted by Crippen LogP contribution is 2.24. The van der Waals surface area contributed by atoms with E-state index < -0.39 is 0 Å². The highest BCUT2D eigenvalue weighted by molar-refractivity contribution is 5.86. The Labute approximate surface area is 102 Å². The van der Waals surface area contributed by atoms with Gasteiger partial charge in [0.15, 0.2) is 0 Å². The molecule has 17 heavy (non-hydrogen) atoms. The molecule has 2 heteroatoms. The van der Waals surface area contributed by atoms with Crippen molar-refractivity contribution in [1.82, 2.24) is 10.3 Å². The van der Waals surface area contributed by atoms with E-state index in [-0.39, 0.29) is 0 Å². The molecule has 0 unspecified atom stereocenters. The molecule has 3 rings (SSSR count). The maximum atomic E-state index is 3.57. The molecule has 0 aliphatic heterocycles. The van der Waals surface area contributed by atoms with Crippen molar-refractivity contribution in [2.45, 2.75) is 39.2 Å². The van der Waals surface area contributed by atoms with Crippen LogP contribution >= 0.6 is 0 Å². The number of aromatic amines is 1. The highest BCUT2D eigenvalue weighted by Gasteiger charge is 2.19. The van der Waals surface area contributed by atoms with Crippen LogP contribution in [0.15, 0.2) is 18.3 Å². The van der Waals surface area contributed by atoms with E-state index in [2.05, 4.69) is 42.5 Å². The Morgan fingerprint density at radius 3 is 2.88 bits per heavy atom. The van der Waals surface area contributed by atoms with Crippen molar-refractivity contribution in [1.29, 1.82) is 0 Å². The van der Waals surface area contributed by atoms with Crippen LogP contribution in [0.5, 0.6) is 0 Å². The van der Waals surface area contributed by atoms with Gasteiger partial charge in [0.05, 0.1) is 0 Å². The summed E-state index contributed by atoms with van der Waals surface area (Å²) in [5, 5.41) is 4.97. The van der Waals surface area contributed by atoms with Crippen LogP contribution in [-0.2, 0) is 6.42 Å². The summed E-state index contributed by atoms with van der Waals surface area (Å²) in [6.07, 6.45) is 6.03. The van der Waals surface area contributed by atoms with Crippen molar-refractivity contribution in [2.24, 2.45) is 0 Å². The number of rotatable bonds is 4. The average molecular weight is 228 g/mol. The second-order valence-electron chi connectivity index (χ2n) is 5.22. The van der Waals surface area contributed by atoms with Crippen LogP contribution in [-0.4, -0.2) is 17.6 Å². The first-order chi connectivity index (χ1) is 8.25. The molecule has 2 nitrogen and oxygen atoms in total. The van der Waals surface area contributed by atoms with Crippen LogP contribution in [0.2, 0.25) is 0 Å². The minimum atomic E-state index is 0.809. The van der Waals surface area contributed by atoms with Gasteiger partial charge in [0, 0.05) is 23.1 Å². The quantitative estimate of drug-likeness (QED) is 0.827. The van der Waals surface area contributed by atoms with Crippen molar-refractivity contribution in [3.63, 3.8) is 0 Å². The van der Waals surface area contributed by atoms with Gasteiger partial charge in [-0.25, -0.2) is 0 Å². The minimum absolute atomic E-state index is 0.809. The summed E-state index contributed by atoms with van der Waals surface area (Å²) < 4.78 is 0. The molecule has 1 fully saturated rings. The molecular formula is C15H20N2. The van der Waals surface area contributed by atoms with E-state index >= 15 is 0 Å². The van der Waals surface area contributed by atoms with Crippen LogP contribution in [0.25, 0.3) is 10.9 Å². The lowest BCUT2D eigenvalue weighted by Gasteiger charge is -2.04. The van der Waals surface area contributed by atoms with Crippen LogP contribution in [0.3, 0.4) is 0 Å². The zero-order valence-electron chi connectivity index (χ0n) is 10.6. The maximum Gasteiger partial charge on any atom is 0.0489 e. The van der Waals surface area contributed by atoms with Gasteiger partial charge >= 0.3 is 0 Å². The molecule has 0 atom stereocenters. The Morgan fingerprint density at radius 2 is 2.12 bits per heavy atom. The fraction of sp³-hybridized carbons (Fsp3) is 0.467. The van der Waals surface area contributed by atoms with E-state index in [1.165, 1.54) is 40.4 Å². The lowest BCUT2D eigenvalue weighted by Crippen LogP contribution is -2.19. The van der Waals surface area contributed by atoms with E-state index in [4.69, 9.17) is 0 Å². The Balaban J connectivity index is 1.81. The molecule has 0 radical (unpaired) electrons. The van der Waals surface area contributed by atoms with E-state index in [9.17, 15) is 0 Å². The van der Waals surface area contributed by atoms with Gasteiger partial charge < -0.3 is 10.3 Å². The zero-order valence-corrected chi connectivity index (χ0v) is 10.6. The summed E-state index contributed by atoms with van der Waals surface area (Å²) >= 11 is 0. The number of hydrogen-bond donors (Lipinski definition) is 2. The first-order valence-corrected chi connectivity index (χ1v) is 6.55. The van der Waals surface area contributed by atoms with Gasteiger partial charge in [-0.2, -0.15) is 0 Å². The monoisotopic (exact) mass is 228 g/mol. The van der Waals surface area contributed by atoms with Gasteiger partial charge in [-0.3, -0.25) is 0 Å². The Morgan fingerprint density at radius 1 is 1.29 bits per heavy atom. The fourth-order valence-corrected chi connectivity index (χ4v) is 2.41. The molecular weight excluding hydrogens is 208 g/mol. The summed E-state index contributed by atoms with van der Waals surface area (Å²) in [6, 6.07) is 5.29. The van der Waals surface area contributed by atoms with Gasteiger partial charge in [0.2, 0.25) is 0 Å². The third kappa shape index (κ3) is 2.09. The van der Waals surface area contributed by atoms with E-state index in [0.29, 0.717) is 0 Å². The molecule has 1 aromatic carbocycles. The predicted octanol–water partition coefficient (Wildman–Crippen LogP) is 3.08. The number of benzene rings is 1. The SMILES string of the molecule is Cc1ccc2c(CCNC3CC3)c[nH]c2c1C.